The van der Waals surface area contributed by atoms with Gasteiger partial charge in [-0.1, -0.05) is 6.07 Å². The van der Waals surface area contributed by atoms with Crippen molar-refractivity contribution in [2.45, 2.75) is 31.8 Å². The third-order valence-electron chi connectivity index (χ3n) is 5.96. The van der Waals surface area contributed by atoms with E-state index in [1.807, 2.05) is 24.4 Å². The second kappa shape index (κ2) is 5.92. The van der Waals surface area contributed by atoms with Crippen LogP contribution in [0.5, 0.6) is 11.5 Å². The lowest BCUT2D eigenvalue weighted by Crippen LogP contribution is -2.59. The first kappa shape index (κ1) is 15.0. The number of piperidine rings is 3. The average molecular weight is 337 g/mol. The predicted molar refractivity (Wildman–Crippen MR) is 97.0 cm³/mol. The Bertz CT molecular complexity index is 767. The first-order valence-corrected chi connectivity index (χ1v) is 9.14. The Morgan fingerprint density at radius 1 is 1.04 bits per heavy atom. The molecule has 5 heteroatoms. The van der Waals surface area contributed by atoms with Crippen LogP contribution in [0.2, 0.25) is 0 Å². The molecule has 1 aromatic heterocycles. The summed E-state index contributed by atoms with van der Waals surface area (Å²) in [5, 5.41) is 3.68. The van der Waals surface area contributed by atoms with Crippen molar-refractivity contribution in [1.82, 2.24) is 9.88 Å². The van der Waals surface area contributed by atoms with Gasteiger partial charge in [-0.25, -0.2) is 4.98 Å². The number of pyridine rings is 1. The van der Waals surface area contributed by atoms with Crippen molar-refractivity contribution in [3.8, 4) is 22.6 Å². The van der Waals surface area contributed by atoms with Crippen LogP contribution in [-0.2, 0) is 0 Å². The van der Waals surface area contributed by atoms with Gasteiger partial charge in [0.2, 0.25) is 6.79 Å². The molecule has 0 saturated carbocycles. The number of anilines is 1. The predicted octanol–water partition coefficient (Wildman–Crippen LogP) is 3.37. The third kappa shape index (κ3) is 2.63. The van der Waals surface area contributed by atoms with E-state index in [2.05, 4.69) is 34.3 Å². The summed E-state index contributed by atoms with van der Waals surface area (Å²) in [5.41, 5.74) is 2.19. The van der Waals surface area contributed by atoms with Crippen molar-refractivity contribution < 1.29 is 9.47 Å². The summed E-state index contributed by atoms with van der Waals surface area (Å²) in [6, 6.07) is 11.3. The summed E-state index contributed by atoms with van der Waals surface area (Å²) in [5.74, 6) is 3.36. The van der Waals surface area contributed by atoms with Gasteiger partial charge in [0, 0.05) is 23.8 Å². The lowest BCUT2D eigenvalue weighted by molar-refractivity contribution is 0.0457. The van der Waals surface area contributed by atoms with E-state index in [1.54, 1.807) is 0 Å². The molecule has 5 nitrogen and oxygen atoms in total. The fourth-order valence-corrected chi connectivity index (χ4v) is 4.44. The van der Waals surface area contributed by atoms with Crippen molar-refractivity contribution >= 4 is 5.82 Å². The van der Waals surface area contributed by atoms with Crippen LogP contribution in [-0.4, -0.2) is 41.9 Å². The smallest absolute Gasteiger partial charge is 0.231 e. The maximum atomic E-state index is 5.47. The van der Waals surface area contributed by atoms with Crippen LogP contribution in [0.1, 0.15) is 19.8 Å². The zero-order valence-electron chi connectivity index (χ0n) is 14.4. The van der Waals surface area contributed by atoms with E-state index in [9.17, 15) is 0 Å². The molecule has 130 valence electrons. The summed E-state index contributed by atoms with van der Waals surface area (Å²) in [4.78, 5) is 7.25. The number of rotatable bonds is 3. The van der Waals surface area contributed by atoms with E-state index in [0.717, 1.165) is 34.4 Å². The quantitative estimate of drug-likeness (QED) is 0.930. The highest BCUT2D eigenvalue weighted by molar-refractivity contribution is 5.67. The van der Waals surface area contributed by atoms with E-state index in [1.165, 1.54) is 25.9 Å². The molecule has 0 spiro atoms. The van der Waals surface area contributed by atoms with Crippen LogP contribution < -0.4 is 14.8 Å². The molecule has 0 unspecified atom stereocenters. The molecule has 2 bridgehead atoms. The number of benzene rings is 1. The average Bonchev–Trinajstić information content (AvgIpc) is 3.13. The Labute approximate surface area is 148 Å². The standard InChI is InChI=1S/C20H23N3O2/c1-13-20(14-6-8-23(13)9-7-14)22-19-5-3-16(11-21-19)15-2-4-17-18(10-15)25-12-24-17/h2-5,10-11,13-14,20H,6-9,12H2,1H3,(H,21,22)/t13-,20+/m1/s1. The fraction of sp³-hybridized carbons (Fsp3) is 0.450. The molecule has 4 aliphatic heterocycles. The Hall–Kier alpha value is -2.27. The lowest BCUT2D eigenvalue weighted by atomic mass is 9.79. The minimum Gasteiger partial charge on any atom is -0.454 e. The highest BCUT2D eigenvalue weighted by atomic mass is 16.7. The molecule has 3 saturated heterocycles. The summed E-state index contributed by atoms with van der Waals surface area (Å²) >= 11 is 0. The first-order valence-electron chi connectivity index (χ1n) is 9.14. The molecule has 2 aromatic rings. The van der Waals surface area contributed by atoms with Gasteiger partial charge in [0.05, 0.1) is 0 Å². The SMILES string of the molecule is C[C@@H]1[C@H](Nc2ccc(-c3ccc4c(c3)OCO4)cn2)C2CCN1CC2. The van der Waals surface area contributed by atoms with E-state index >= 15 is 0 Å². The maximum Gasteiger partial charge on any atom is 0.231 e. The fourth-order valence-electron chi connectivity index (χ4n) is 4.44. The van der Waals surface area contributed by atoms with Gasteiger partial charge in [-0.05, 0) is 68.6 Å². The molecule has 3 fully saturated rings. The number of nitrogens with zero attached hydrogens (tertiary/aromatic N) is 2. The lowest BCUT2D eigenvalue weighted by Gasteiger charge is -2.50. The Kier molecular flexibility index (Phi) is 3.55. The molecular weight excluding hydrogens is 314 g/mol. The number of aromatic nitrogens is 1. The summed E-state index contributed by atoms with van der Waals surface area (Å²) in [6.07, 6.45) is 4.54. The minimum absolute atomic E-state index is 0.303. The molecule has 5 heterocycles. The first-order chi connectivity index (χ1) is 12.3. The monoisotopic (exact) mass is 337 g/mol. The summed E-state index contributed by atoms with van der Waals surface area (Å²) < 4.78 is 10.8. The number of hydrogen-bond donors (Lipinski definition) is 1. The van der Waals surface area contributed by atoms with Crippen LogP contribution in [0.4, 0.5) is 5.82 Å². The van der Waals surface area contributed by atoms with Crippen LogP contribution in [0, 0.1) is 5.92 Å². The minimum atomic E-state index is 0.303. The van der Waals surface area contributed by atoms with Gasteiger partial charge >= 0.3 is 0 Å². The molecule has 2 atom stereocenters. The van der Waals surface area contributed by atoms with Crippen molar-refractivity contribution in [1.29, 1.82) is 0 Å². The van der Waals surface area contributed by atoms with Gasteiger partial charge in [-0.15, -0.1) is 0 Å². The molecular formula is C20H23N3O2. The number of hydrogen-bond acceptors (Lipinski definition) is 5. The van der Waals surface area contributed by atoms with Crippen molar-refractivity contribution in [2.75, 3.05) is 25.2 Å². The molecule has 0 amide bonds. The zero-order chi connectivity index (χ0) is 16.8. The molecule has 0 aliphatic carbocycles. The summed E-state index contributed by atoms with van der Waals surface area (Å²) in [6.45, 7) is 5.14. The molecule has 4 aliphatic rings. The molecule has 1 N–H and O–H groups in total. The number of ether oxygens (including phenoxy) is 2. The summed E-state index contributed by atoms with van der Waals surface area (Å²) in [7, 11) is 0. The highest BCUT2D eigenvalue weighted by Gasteiger charge is 2.39. The van der Waals surface area contributed by atoms with Crippen molar-refractivity contribution in [3.63, 3.8) is 0 Å². The van der Waals surface area contributed by atoms with Gasteiger partial charge in [-0.2, -0.15) is 0 Å². The van der Waals surface area contributed by atoms with Crippen LogP contribution in [0.15, 0.2) is 36.5 Å². The van der Waals surface area contributed by atoms with E-state index in [4.69, 9.17) is 9.47 Å². The van der Waals surface area contributed by atoms with E-state index in [-0.39, 0.29) is 0 Å². The van der Waals surface area contributed by atoms with Crippen LogP contribution in [0.3, 0.4) is 0 Å². The topological polar surface area (TPSA) is 46.6 Å². The molecule has 25 heavy (non-hydrogen) atoms. The van der Waals surface area contributed by atoms with Crippen LogP contribution >= 0.6 is 0 Å². The normalized spacial score (nSPS) is 29.6. The Morgan fingerprint density at radius 3 is 2.60 bits per heavy atom. The zero-order valence-corrected chi connectivity index (χ0v) is 14.4. The van der Waals surface area contributed by atoms with Gasteiger partial charge in [0.25, 0.3) is 0 Å². The number of nitrogens with one attached hydrogen (secondary N) is 1. The maximum absolute atomic E-state index is 5.47. The van der Waals surface area contributed by atoms with Crippen LogP contribution in [0.25, 0.3) is 11.1 Å². The van der Waals surface area contributed by atoms with Crippen molar-refractivity contribution in [2.24, 2.45) is 5.92 Å². The Morgan fingerprint density at radius 2 is 1.84 bits per heavy atom. The van der Waals surface area contributed by atoms with Gasteiger partial charge in [-0.3, -0.25) is 4.90 Å². The van der Waals surface area contributed by atoms with E-state index < -0.39 is 0 Å². The molecule has 6 rings (SSSR count). The second-order valence-electron chi connectivity index (χ2n) is 7.28. The highest BCUT2D eigenvalue weighted by Crippen LogP contribution is 2.36. The largest absolute Gasteiger partial charge is 0.454 e. The third-order valence-corrected chi connectivity index (χ3v) is 5.96. The van der Waals surface area contributed by atoms with Gasteiger partial charge < -0.3 is 14.8 Å². The number of fused-ring (bicyclic) bond motifs is 4. The van der Waals surface area contributed by atoms with Gasteiger partial charge in [0.1, 0.15) is 5.82 Å². The molecule has 0 radical (unpaired) electrons. The van der Waals surface area contributed by atoms with E-state index in [0.29, 0.717) is 18.9 Å². The Balaban J connectivity index is 1.33. The van der Waals surface area contributed by atoms with Gasteiger partial charge in [0.15, 0.2) is 11.5 Å². The second-order valence-corrected chi connectivity index (χ2v) is 7.28. The molecule has 1 aromatic carbocycles. The van der Waals surface area contributed by atoms with Crippen molar-refractivity contribution in [3.05, 3.63) is 36.5 Å².